The van der Waals surface area contributed by atoms with Crippen LogP contribution in [-0.2, 0) is 0 Å². The number of carbonyl (C=O) groups excluding carboxylic acids is 1. The minimum atomic E-state index is -0.916. The maximum Gasteiger partial charge on any atom is 0.191 e. The normalized spacial score (nSPS) is 12.4. The molecule has 3 heteroatoms. The number of aliphatic hydroxyl groups is 1. The first-order valence-electron chi connectivity index (χ1n) is 4.73. The summed E-state index contributed by atoms with van der Waals surface area (Å²) in [6.07, 6.45) is 0.185. The minimum Gasteiger partial charge on any atom is -0.385 e. The molecule has 0 aromatic heterocycles. The van der Waals surface area contributed by atoms with Crippen molar-refractivity contribution in [1.82, 2.24) is 0 Å². The van der Waals surface area contributed by atoms with Gasteiger partial charge >= 0.3 is 0 Å². The topological polar surface area (TPSA) is 63.3 Å². The van der Waals surface area contributed by atoms with E-state index in [2.05, 4.69) is 0 Å². The molecule has 0 spiro atoms. The van der Waals surface area contributed by atoms with Crippen molar-refractivity contribution in [3.8, 4) is 0 Å². The highest BCUT2D eigenvalue weighted by atomic mass is 16.3. The Kier molecular flexibility index (Phi) is 4.29. The average Bonchev–Trinajstić information content (AvgIpc) is 2.26. The molecule has 1 atom stereocenters. The number of nitrogens with two attached hydrogens (primary N) is 1. The fourth-order valence-corrected chi connectivity index (χ4v) is 1.24. The highest BCUT2D eigenvalue weighted by Crippen LogP contribution is 2.07. The predicted octanol–water partition coefficient (Wildman–Crippen LogP) is 0.969. The Morgan fingerprint density at radius 3 is 2.57 bits per heavy atom. The maximum atomic E-state index is 11.6. The molecule has 0 radical (unpaired) electrons. The molecule has 0 fully saturated rings. The summed E-state index contributed by atoms with van der Waals surface area (Å²) >= 11 is 0. The zero-order valence-corrected chi connectivity index (χ0v) is 8.02. The van der Waals surface area contributed by atoms with Gasteiger partial charge in [0.25, 0.3) is 0 Å². The van der Waals surface area contributed by atoms with Crippen molar-refractivity contribution in [1.29, 1.82) is 0 Å². The second kappa shape index (κ2) is 5.52. The summed E-state index contributed by atoms with van der Waals surface area (Å²) in [6.45, 7) is 0.499. The van der Waals surface area contributed by atoms with Crippen molar-refractivity contribution in [2.75, 3.05) is 6.54 Å². The number of ketones is 1. The van der Waals surface area contributed by atoms with Crippen molar-refractivity contribution in [2.24, 2.45) is 5.73 Å². The van der Waals surface area contributed by atoms with Crippen molar-refractivity contribution >= 4 is 5.78 Å². The van der Waals surface area contributed by atoms with Gasteiger partial charge in [0.1, 0.15) is 6.10 Å². The number of rotatable bonds is 5. The van der Waals surface area contributed by atoms with Crippen LogP contribution in [0, 0.1) is 0 Å². The molecule has 14 heavy (non-hydrogen) atoms. The van der Waals surface area contributed by atoms with E-state index in [1.165, 1.54) is 0 Å². The third kappa shape index (κ3) is 2.94. The number of benzene rings is 1. The van der Waals surface area contributed by atoms with Crippen LogP contribution >= 0.6 is 0 Å². The van der Waals surface area contributed by atoms with E-state index >= 15 is 0 Å². The van der Waals surface area contributed by atoms with E-state index < -0.39 is 6.10 Å². The summed E-state index contributed by atoms with van der Waals surface area (Å²) < 4.78 is 0. The predicted molar refractivity (Wildman–Crippen MR) is 55.1 cm³/mol. The molecular weight excluding hydrogens is 178 g/mol. The molecule has 0 saturated carbocycles. The summed E-state index contributed by atoms with van der Waals surface area (Å²) in [5, 5.41) is 9.50. The summed E-state index contributed by atoms with van der Waals surface area (Å²) in [7, 11) is 0. The van der Waals surface area contributed by atoms with E-state index in [1.54, 1.807) is 24.3 Å². The van der Waals surface area contributed by atoms with E-state index in [1.807, 2.05) is 6.07 Å². The molecule has 76 valence electrons. The van der Waals surface area contributed by atoms with Gasteiger partial charge in [-0.15, -0.1) is 0 Å². The number of hydrogen-bond donors (Lipinski definition) is 2. The molecule has 0 aliphatic carbocycles. The van der Waals surface area contributed by atoms with E-state index in [-0.39, 0.29) is 5.78 Å². The maximum absolute atomic E-state index is 11.6. The minimum absolute atomic E-state index is 0.223. The van der Waals surface area contributed by atoms with Crippen molar-refractivity contribution < 1.29 is 9.90 Å². The van der Waals surface area contributed by atoms with E-state index in [4.69, 9.17) is 5.73 Å². The van der Waals surface area contributed by atoms with Gasteiger partial charge in [-0.25, -0.2) is 0 Å². The van der Waals surface area contributed by atoms with Gasteiger partial charge in [0, 0.05) is 5.56 Å². The highest BCUT2D eigenvalue weighted by Gasteiger charge is 2.15. The lowest BCUT2D eigenvalue weighted by atomic mass is 10.0. The lowest BCUT2D eigenvalue weighted by molar-refractivity contribution is 0.0728. The van der Waals surface area contributed by atoms with Crippen LogP contribution in [0.4, 0.5) is 0 Å². The SMILES string of the molecule is NCCCC(O)C(=O)c1ccccc1. The first-order valence-corrected chi connectivity index (χ1v) is 4.73. The molecule has 1 unspecified atom stereocenters. The number of aliphatic hydroxyl groups excluding tert-OH is 1. The molecular formula is C11H15NO2. The first-order chi connectivity index (χ1) is 6.75. The van der Waals surface area contributed by atoms with Gasteiger partial charge < -0.3 is 10.8 Å². The monoisotopic (exact) mass is 193 g/mol. The lowest BCUT2D eigenvalue weighted by Crippen LogP contribution is -2.21. The molecule has 0 saturated heterocycles. The van der Waals surface area contributed by atoms with Gasteiger partial charge in [-0.2, -0.15) is 0 Å². The van der Waals surface area contributed by atoms with Crippen LogP contribution < -0.4 is 5.73 Å². The van der Waals surface area contributed by atoms with Gasteiger partial charge in [-0.3, -0.25) is 4.79 Å². The molecule has 3 nitrogen and oxygen atoms in total. The molecule has 3 N–H and O–H groups in total. The van der Waals surface area contributed by atoms with E-state index in [0.717, 1.165) is 0 Å². The summed E-state index contributed by atoms with van der Waals surface area (Å²) in [6, 6.07) is 8.80. The van der Waals surface area contributed by atoms with Gasteiger partial charge in [-0.1, -0.05) is 30.3 Å². The van der Waals surface area contributed by atoms with Crippen LogP contribution in [0.15, 0.2) is 30.3 Å². The van der Waals surface area contributed by atoms with Crippen LogP contribution in [0.5, 0.6) is 0 Å². The molecule has 1 aromatic rings. The molecule has 1 rings (SSSR count). The molecule has 0 aliphatic heterocycles. The highest BCUT2D eigenvalue weighted by molar-refractivity contribution is 5.99. The Morgan fingerprint density at radius 2 is 2.00 bits per heavy atom. The molecule has 0 aliphatic rings. The van der Waals surface area contributed by atoms with E-state index in [0.29, 0.717) is 24.9 Å². The summed E-state index contributed by atoms with van der Waals surface area (Å²) in [5.41, 5.74) is 5.85. The Balaban J connectivity index is 2.57. The Morgan fingerprint density at radius 1 is 1.36 bits per heavy atom. The third-order valence-electron chi connectivity index (χ3n) is 2.04. The molecule has 0 amide bonds. The third-order valence-corrected chi connectivity index (χ3v) is 2.04. The summed E-state index contributed by atoms with van der Waals surface area (Å²) in [5.74, 6) is -0.223. The van der Waals surface area contributed by atoms with Gasteiger partial charge in [-0.05, 0) is 19.4 Å². The second-order valence-corrected chi connectivity index (χ2v) is 3.18. The van der Waals surface area contributed by atoms with Crippen LogP contribution in [0.25, 0.3) is 0 Å². The van der Waals surface area contributed by atoms with Crippen LogP contribution in [-0.4, -0.2) is 23.5 Å². The Bertz CT molecular complexity index is 285. The lowest BCUT2D eigenvalue weighted by Gasteiger charge is -2.08. The van der Waals surface area contributed by atoms with E-state index in [9.17, 15) is 9.90 Å². The number of Topliss-reactive ketones (excluding diaryl/α,β-unsaturated/α-hetero) is 1. The van der Waals surface area contributed by atoms with Gasteiger partial charge in [0.2, 0.25) is 0 Å². The molecule has 0 heterocycles. The molecule has 1 aromatic carbocycles. The van der Waals surface area contributed by atoms with Crippen LogP contribution in [0.1, 0.15) is 23.2 Å². The largest absolute Gasteiger partial charge is 0.385 e. The zero-order valence-electron chi connectivity index (χ0n) is 8.02. The van der Waals surface area contributed by atoms with Crippen molar-refractivity contribution in [3.63, 3.8) is 0 Å². The van der Waals surface area contributed by atoms with Crippen molar-refractivity contribution in [3.05, 3.63) is 35.9 Å². The van der Waals surface area contributed by atoms with Gasteiger partial charge in [0.05, 0.1) is 0 Å². The Hall–Kier alpha value is -1.19. The smallest absolute Gasteiger partial charge is 0.191 e. The number of hydrogen-bond acceptors (Lipinski definition) is 3. The quantitative estimate of drug-likeness (QED) is 0.685. The summed E-state index contributed by atoms with van der Waals surface area (Å²) in [4.78, 5) is 11.6. The zero-order chi connectivity index (χ0) is 10.4. The number of carbonyl (C=O) groups is 1. The fourth-order valence-electron chi connectivity index (χ4n) is 1.24. The van der Waals surface area contributed by atoms with Crippen molar-refractivity contribution in [2.45, 2.75) is 18.9 Å². The standard InChI is InChI=1S/C11H15NO2/c12-8-4-7-10(13)11(14)9-5-2-1-3-6-9/h1-3,5-6,10,13H,4,7-8,12H2. The Labute approximate surface area is 83.6 Å². The first kappa shape index (κ1) is 10.9. The van der Waals surface area contributed by atoms with Crippen LogP contribution in [0.3, 0.4) is 0 Å². The average molecular weight is 193 g/mol. The van der Waals surface area contributed by atoms with Crippen LogP contribution in [0.2, 0.25) is 0 Å². The second-order valence-electron chi connectivity index (χ2n) is 3.18. The molecule has 0 bridgehead atoms. The fraction of sp³-hybridized carbons (Fsp3) is 0.364. The van der Waals surface area contributed by atoms with Gasteiger partial charge in [0.15, 0.2) is 5.78 Å².